The largest absolute Gasteiger partial charge is 0.354 e. The zero-order chi connectivity index (χ0) is 10.1. The third kappa shape index (κ3) is 2.00. The van der Waals surface area contributed by atoms with E-state index in [-0.39, 0.29) is 0 Å². The van der Waals surface area contributed by atoms with Crippen molar-refractivity contribution >= 4 is 5.95 Å². The third-order valence-electron chi connectivity index (χ3n) is 3.28. The molecule has 0 amide bonds. The van der Waals surface area contributed by atoms with Gasteiger partial charge >= 0.3 is 0 Å². The van der Waals surface area contributed by atoms with Crippen molar-refractivity contribution in [3.8, 4) is 0 Å². The van der Waals surface area contributed by atoms with Crippen LogP contribution in [0.5, 0.6) is 0 Å². The van der Waals surface area contributed by atoms with Crippen LogP contribution in [0.15, 0.2) is 12.4 Å². The summed E-state index contributed by atoms with van der Waals surface area (Å²) in [5, 5.41) is 6.93. The van der Waals surface area contributed by atoms with Crippen molar-refractivity contribution < 1.29 is 0 Å². The molecule has 1 saturated carbocycles. The van der Waals surface area contributed by atoms with E-state index in [9.17, 15) is 0 Å². The predicted molar refractivity (Wildman–Crippen MR) is 60.0 cm³/mol. The van der Waals surface area contributed by atoms with Gasteiger partial charge in [0.25, 0.3) is 0 Å². The van der Waals surface area contributed by atoms with E-state index in [0.29, 0.717) is 12.1 Å². The average Bonchev–Trinajstić information content (AvgIpc) is 2.81. The number of aromatic nitrogens is 2. The molecule has 2 N–H and O–H groups in total. The van der Waals surface area contributed by atoms with Gasteiger partial charge in [-0.2, -0.15) is 0 Å². The maximum atomic E-state index is 4.36. The van der Waals surface area contributed by atoms with Crippen LogP contribution in [0, 0.1) is 0 Å². The molecule has 0 aromatic carbocycles. The number of hydrogen-bond donors (Lipinski definition) is 2. The Labute approximate surface area is 90.1 Å². The number of nitrogens with one attached hydrogen (secondary N) is 2. The van der Waals surface area contributed by atoms with Gasteiger partial charge in [-0.25, -0.2) is 4.98 Å². The second kappa shape index (κ2) is 3.85. The van der Waals surface area contributed by atoms with Gasteiger partial charge in [-0.05, 0) is 32.2 Å². The van der Waals surface area contributed by atoms with Gasteiger partial charge in [0.1, 0.15) is 0 Å². The molecule has 1 aliphatic heterocycles. The van der Waals surface area contributed by atoms with E-state index in [2.05, 4.69) is 26.4 Å². The Morgan fingerprint density at radius 2 is 2.40 bits per heavy atom. The second-order valence-electron chi connectivity index (χ2n) is 4.56. The Morgan fingerprint density at radius 3 is 3.13 bits per heavy atom. The van der Waals surface area contributed by atoms with Gasteiger partial charge in [-0.1, -0.05) is 0 Å². The minimum atomic E-state index is 0.634. The molecule has 1 unspecified atom stereocenters. The Bertz CT molecular complexity index is 323. The highest BCUT2D eigenvalue weighted by Gasteiger charge is 2.25. The predicted octanol–water partition coefficient (Wildman–Crippen LogP) is 1.38. The van der Waals surface area contributed by atoms with Crippen molar-refractivity contribution in [3.63, 3.8) is 0 Å². The summed E-state index contributed by atoms with van der Waals surface area (Å²) in [6.45, 7) is 2.17. The molecule has 1 aliphatic carbocycles. The van der Waals surface area contributed by atoms with Crippen LogP contribution >= 0.6 is 0 Å². The van der Waals surface area contributed by atoms with Crippen molar-refractivity contribution in [1.29, 1.82) is 0 Å². The fourth-order valence-corrected chi connectivity index (χ4v) is 2.24. The highest BCUT2D eigenvalue weighted by atomic mass is 15.2. The summed E-state index contributed by atoms with van der Waals surface area (Å²) < 4.78 is 2.27. The lowest BCUT2D eigenvalue weighted by atomic mass is 10.2. The summed E-state index contributed by atoms with van der Waals surface area (Å²) in [6, 6.07) is 1.35. The number of hydrogen-bond acceptors (Lipinski definition) is 3. The number of rotatable bonds is 4. The minimum absolute atomic E-state index is 0.634. The quantitative estimate of drug-likeness (QED) is 0.782. The van der Waals surface area contributed by atoms with Crippen molar-refractivity contribution in [2.45, 2.75) is 37.8 Å². The molecule has 3 rings (SSSR count). The van der Waals surface area contributed by atoms with E-state index >= 15 is 0 Å². The van der Waals surface area contributed by atoms with Crippen LogP contribution < -0.4 is 10.6 Å². The molecule has 0 spiro atoms. The molecule has 2 heterocycles. The van der Waals surface area contributed by atoms with E-state index in [1.807, 2.05) is 6.20 Å². The first-order chi connectivity index (χ1) is 7.43. The van der Waals surface area contributed by atoms with Gasteiger partial charge in [-0.15, -0.1) is 0 Å². The Hall–Kier alpha value is -1.03. The van der Waals surface area contributed by atoms with Gasteiger partial charge in [0.2, 0.25) is 5.95 Å². The fourth-order valence-electron chi connectivity index (χ4n) is 2.24. The smallest absolute Gasteiger partial charge is 0.203 e. The molecule has 1 aromatic rings. The lowest BCUT2D eigenvalue weighted by molar-refractivity contribution is 0.625. The molecule has 1 aromatic heterocycles. The van der Waals surface area contributed by atoms with Gasteiger partial charge in [0, 0.05) is 31.0 Å². The number of anilines is 1. The van der Waals surface area contributed by atoms with Crippen molar-refractivity contribution in [2.75, 3.05) is 18.4 Å². The van der Waals surface area contributed by atoms with Crippen LogP contribution in [0.4, 0.5) is 5.95 Å². The van der Waals surface area contributed by atoms with Gasteiger partial charge in [-0.3, -0.25) is 0 Å². The van der Waals surface area contributed by atoms with Crippen LogP contribution in [0.25, 0.3) is 0 Å². The maximum Gasteiger partial charge on any atom is 0.203 e. The SMILES string of the molecule is c1cn(C2CC2)c(NCC2CCCN2)n1. The Morgan fingerprint density at radius 1 is 1.47 bits per heavy atom. The van der Waals surface area contributed by atoms with Gasteiger partial charge < -0.3 is 15.2 Å². The first kappa shape index (κ1) is 9.21. The summed E-state index contributed by atoms with van der Waals surface area (Å²) in [5.74, 6) is 1.05. The molecule has 1 saturated heterocycles. The molecular formula is C11H18N4. The average molecular weight is 206 g/mol. The first-order valence-corrected chi connectivity index (χ1v) is 5.93. The molecule has 0 bridgehead atoms. The van der Waals surface area contributed by atoms with E-state index < -0.39 is 0 Å². The summed E-state index contributed by atoms with van der Waals surface area (Å²) in [5.41, 5.74) is 0. The molecule has 82 valence electrons. The van der Waals surface area contributed by atoms with E-state index in [1.165, 1.54) is 32.2 Å². The normalized spacial score (nSPS) is 25.7. The van der Waals surface area contributed by atoms with E-state index in [4.69, 9.17) is 0 Å². The summed E-state index contributed by atoms with van der Waals surface area (Å²) >= 11 is 0. The van der Waals surface area contributed by atoms with Gasteiger partial charge in [0.15, 0.2) is 0 Å². The molecule has 0 radical (unpaired) electrons. The topological polar surface area (TPSA) is 41.9 Å². The first-order valence-electron chi connectivity index (χ1n) is 5.93. The van der Waals surface area contributed by atoms with Crippen LogP contribution in [-0.4, -0.2) is 28.7 Å². The summed E-state index contributed by atoms with van der Waals surface area (Å²) in [6.07, 6.45) is 9.20. The van der Waals surface area contributed by atoms with Crippen LogP contribution in [0.2, 0.25) is 0 Å². The van der Waals surface area contributed by atoms with Crippen LogP contribution in [-0.2, 0) is 0 Å². The monoisotopic (exact) mass is 206 g/mol. The van der Waals surface area contributed by atoms with Gasteiger partial charge in [0.05, 0.1) is 0 Å². The third-order valence-corrected chi connectivity index (χ3v) is 3.28. The molecule has 2 fully saturated rings. The molecular weight excluding hydrogens is 188 g/mol. The molecule has 1 atom stereocenters. The highest BCUT2D eigenvalue weighted by molar-refractivity contribution is 5.28. The van der Waals surface area contributed by atoms with Crippen LogP contribution in [0.1, 0.15) is 31.7 Å². The second-order valence-corrected chi connectivity index (χ2v) is 4.56. The van der Waals surface area contributed by atoms with Crippen LogP contribution in [0.3, 0.4) is 0 Å². The Kier molecular flexibility index (Phi) is 2.37. The highest BCUT2D eigenvalue weighted by Crippen LogP contribution is 2.36. The lowest BCUT2D eigenvalue weighted by Crippen LogP contribution is -2.30. The van der Waals surface area contributed by atoms with Crippen molar-refractivity contribution in [1.82, 2.24) is 14.9 Å². The van der Waals surface area contributed by atoms with Crippen molar-refractivity contribution in [2.24, 2.45) is 0 Å². The number of nitrogens with zero attached hydrogens (tertiary/aromatic N) is 2. The van der Waals surface area contributed by atoms with E-state index in [0.717, 1.165) is 12.5 Å². The van der Waals surface area contributed by atoms with Crippen molar-refractivity contribution in [3.05, 3.63) is 12.4 Å². The summed E-state index contributed by atoms with van der Waals surface area (Å²) in [4.78, 5) is 4.36. The standard InChI is InChI=1S/C11H18N4/c1-2-9(12-5-1)8-14-11-13-6-7-15(11)10-3-4-10/h6-7,9-10,12H,1-5,8H2,(H,13,14). The Balaban J connectivity index is 1.58. The fraction of sp³-hybridized carbons (Fsp3) is 0.727. The lowest BCUT2D eigenvalue weighted by Gasteiger charge is -2.13. The zero-order valence-corrected chi connectivity index (χ0v) is 8.95. The maximum absolute atomic E-state index is 4.36. The number of imidazole rings is 1. The molecule has 2 aliphatic rings. The summed E-state index contributed by atoms with van der Waals surface area (Å²) in [7, 11) is 0. The van der Waals surface area contributed by atoms with E-state index in [1.54, 1.807) is 0 Å². The zero-order valence-electron chi connectivity index (χ0n) is 8.95. The molecule has 4 nitrogen and oxygen atoms in total. The molecule has 15 heavy (non-hydrogen) atoms. The minimum Gasteiger partial charge on any atom is -0.354 e. The molecule has 4 heteroatoms.